The summed E-state index contributed by atoms with van der Waals surface area (Å²) in [5.41, 5.74) is 1.73. The van der Waals surface area contributed by atoms with Crippen molar-refractivity contribution in [2.75, 3.05) is 20.2 Å². The first-order valence-electron chi connectivity index (χ1n) is 8.35. The number of sulfonamides is 1. The molecule has 1 N–H and O–H groups in total. The van der Waals surface area contributed by atoms with Crippen LogP contribution in [0.1, 0.15) is 47.2 Å². The van der Waals surface area contributed by atoms with Crippen LogP contribution in [0.3, 0.4) is 0 Å². The molecule has 1 saturated heterocycles. The lowest BCUT2D eigenvalue weighted by atomic mass is 9.90. The largest absolute Gasteiger partial charge is 0.478 e. The predicted molar refractivity (Wildman–Crippen MR) is 88.8 cm³/mol. The predicted octanol–water partition coefficient (Wildman–Crippen LogP) is 2.06. The summed E-state index contributed by atoms with van der Waals surface area (Å²) in [7, 11) is -2.04. The second-order valence-electron chi connectivity index (χ2n) is 6.46. The number of piperidine rings is 1. The van der Waals surface area contributed by atoms with Crippen LogP contribution < -0.4 is 0 Å². The fourth-order valence-electron chi connectivity index (χ4n) is 3.63. The van der Waals surface area contributed by atoms with Crippen LogP contribution in [0, 0.1) is 0 Å². The van der Waals surface area contributed by atoms with Crippen molar-refractivity contribution in [3.8, 4) is 0 Å². The molecule has 0 unspecified atom stereocenters. The van der Waals surface area contributed by atoms with E-state index in [4.69, 9.17) is 4.74 Å². The number of hydrogen-bond acceptors (Lipinski definition) is 4. The van der Waals surface area contributed by atoms with Gasteiger partial charge in [-0.2, -0.15) is 4.31 Å². The van der Waals surface area contributed by atoms with Crippen molar-refractivity contribution >= 4 is 16.0 Å². The molecule has 1 aliphatic carbocycles. The van der Waals surface area contributed by atoms with E-state index >= 15 is 0 Å². The molecule has 1 aromatic carbocycles. The highest BCUT2D eigenvalue weighted by Gasteiger charge is 2.33. The van der Waals surface area contributed by atoms with E-state index in [1.165, 1.54) is 10.4 Å². The fourth-order valence-corrected chi connectivity index (χ4v) is 5.42. The van der Waals surface area contributed by atoms with E-state index in [0.29, 0.717) is 32.4 Å². The molecule has 6 nitrogen and oxygen atoms in total. The standard InChI is InChI=1S/C17H23NO5S/c1-23-14-6-8-18(9-7-14)24(21,22)16-11-13(17(19)20)10-12-4-2-3-5-15(12)16/h10-11,14H,2-9H2,1H3,(H,19,20). The molecule has 1 aliphatic heterocycles. The molecule has 0 saturated carbocycles. The topological polar surface area (TPSA) is 83.9 Å². The molecule has 0 amide bonds. The van der Waals surface area contributed by atoms with Crippen LogP contribution in [0.25, 0.3) is 0 Å². The van der Waals surface area contributed by atoms with Crippen molar-refractivity contribution in [1.29, 1.82) is 0 Å². The van der Waals surface area contributed by atoms with Gasteiger partial charge in [0.1, 0.15) is 0 Å². The molecule has 132 valence electrons. The Morgan fingerprint density at radius 2 is 1.88 bits per heavy atom. The van der Waals surface area contributed by atoms with Gasteiger partial charge in [0, 0.05) is 20.2 Å². The summed E-state index contributed by atoms with van der Waals surface area (Å²) in [6, 6.07) is 2.97. The smallest absolute Gasteiger partial charge is 0.335 e. The van der Waals surface area contributed by atoms with E-state index in [0.717, 1.165) is 30.4 Å². The molecule has 0 atom stereocenters. The Kier molecular flexibility index (Phi) is 4.94. The number of hydrogen-bond donors (Lipinski definition) is 1. The molecule has 2 aliphatic rings. The van der Waals surface area contributed by atoms with Crippen LogP contribution in [0.2, 0.25) is 0 Å². The van der Waals surface area contributed by atoms with Crippen molar-refractivity contribution in [2.45, 2.75) is 49.5 Å². The number of nitrogens with zero attached hydrogens (tertiary/aromatic N) is 1. The quantitative estimate of drug-likeness (QED) is 0.896. The molecule has 0 spiro atoms. The highest BCUT2D eigenvalue weighted by molar-refractivity contribution is 7.89. The van der Waals surface area contributed by atoms with Crippen molar-refractivity contribution in [3.63, 3.8) is 0 Å². The number of aromatic carboxylic acids is 1. The highest BCUT2D eigenvalue weighted by Crippen LogP contribution is 2.32. The van der Waals surface area contributed by atoms with Crippen LogP contribution in [0.5, 0.6) is 0 Å². The summed E-state index contributed by atoms with van der Waals surface area (Å²) in [4.78, 5) is 11.6. The van der Waals surface area contributed by atoms with Crippen molar-refractivity contribution < 1.29 is 23.1 Å². The van der Waals surface area contributed by atoms with Gasteiger partial charge in [-0.3, -0.25) is 0 Å². The van der Waals surface area contributed by atoms with E-state index in [1.54, 1.807) is 13.2 Å². The lowest BCUT2D eigenvalue weighted by molar-refractivity contribution is 0.0604. The van der Waals surface area contributed by atoms with Crippen molar-refractivity contribution in [1.82, 2.24) is 4.31 Å². The minimum atomic E-state index is -3.68. The zero-order chi connectivity index (χ0) is 17.3. The van der Waals surface area contributed by atoms with E-state index in [-0.39, 0.29) is 16.6 Å². The number of carbonyl (C=O) groups is 1. The number of fused-ring (bicyclic) bond motifs is 1. The zero-order valence-corrected chi connectivity index (χ0v) is 14.6. The van der Waals surface area contributed by atoms with Gasteiger partial charge in [-0.15, -0.1) is 0 Å². The Bertz CT molecular complexity index is 736. The van der Waals surface area contributed by atoms with E-state index < -0.39 is 16.0 Å². The van der Waals surface area contributed by atoms with Gasteiger partial charge in [-0.1, -0.05) is 0 Å². The van der Waals surface area contributed by atoms with Crippen molar-refractivity contribution in [3.05, 3.63) is 28.8 Å². The molecule has 1 heterocycles. The Morgan fingerprint density at radius 3 is 2.50 bits per heavy atom. The maximum Gasteiger partial charge on any atom is 0.335 e. The molecule has 0 aromatic heterocycles. The van der Waals surface area contributed by atoms with Gasteiger partial charge in [0.25, 0.3) is 0 Å². The average Bonchev–Trinajstić information content (AvgIpc) is 2.60. The van der Waals surface area contributed by atoms with E-state index in [9.17, 15) is 18.3 Å². The number of methoxy groups -OCH3 is 1. The molecular weight excluding hydrogens is 330 g/mol. The third kappa shape index (κ3) is 3.20. The van der Waals surface area contributed by atoms with Gasteiger partial charge in [-0.05, 0) is 61.8 Å². The Hall–Kier alpha value is -1.44. The molecule has 1 fully saturated rings. The van der Waals surface area contributed by atoms with E-state index in [1.807, 2.05) is 0 Å². The number of benzene rings is 1. The third-order valence-corrected chi connectivity index (χ3v) is 6.99. The zero-order valence-electron chi connectivity index (χ0n) is 13.8. The minimum absolute atomic E-state index is 0.0565. The van der Waals surface area contributed by atoms with Crippen molar-refractivity contribution in [2.24, 2.45) is 0 Å². The summed E-state index contributed by atoms with van der Waals surface area (Å²) >= 11 is 0. The van der Waals surface area contributed by atoms with Gasteiger partial charge in [-0.25, -0.2) is 13.2 Å². The lowest BCUT2D eigenvalue weighted by Crippen LogP contribution is -2.41. The second kappa shape index (κ2) is 6.82. The number of aryl methyl sites for hydroxylation is 1. The number of ether oxygens (including phenoxy) is 1. The summed E-state index contributed by atoms with van der Waals surface area (Å²) < 4.78 is 33.0. The number of carboxylic acids is 1. The van der Waals surface area contributed by atoms with Gasteiger partial charge in [0.05, 0.1) is 16.6 Å². The highest BCUT2D eigenvalue weighted by atomic mass is 32.2. The maximum atomic E-state index is 13.1. The molecule has 3 rings (SSSR count). The molecule has 0 bridgehead atoms. The fraction of sp³-hybridized carbons (Fsp3) is 0.588. The lowest BCUT2D eigenvalue weighted by Gasteiger charge is -2.31. The van der Waals surface area contributed by atoms with Crippen LogP contribution in [0.15, 0.2) is 17.0 Å². The Labute approximate surface area is 142 Å². The third-order valence-electron chi connectivity index (χ3n) is 5.02. The maximum absolute atomic E-state index is 13.1. The van der Waals surface area contributed by atoms with Gasteiger partial charge in [0.15, 0.2) is 0 Å². The summed E-state index contributed by atoms with van der Waals surface area (Å²) in [5, 5.41) is 9.33. The van der Waals surface area contributed by atoms with Gasteiger partial charge < -0.3 is 9.84 Å². The summed E-state index contributed by atoms with van der Waals surface area (Å²) in [6.45, 7) is 0.819. The molecular formula is C17H23NO5S. The van der Waals surface area contributed by atoms with Crippen LogP contribution in [-0.2, 0) is 27.6 Å². The second-order valence-corrected chi connectivity index (χ2v) is 8.37. The SMILES string of the molecule is COC1CCN(S(=O)(=O)c2cc(C(=O)O)cc3c2CCCC3)CC1. The van der Waals surface area contributed by atoms with Gasteiger partial charge in [0.2, 0.25) is 10.0 Å². The van der Waals surface area contributed by atoms with Crippen LogP contribution in [-0.4, -0.2) is 50.1 Å². The summed E-state index contributed by atoms with van der Waals surface area (Å²) in [5.74, 6) is -1.09. The first-order valence-corrected chi connectivity index (χ1v) is 9.79. The van der Waals surface area contributed by atoms with E-state index in [2.05, 4.69) is 0 Å². The van der Waals surface area contributed by atoms with Crippen LogP contribution >= 0.6 is 0 Å². The normalized spacial score (nSPS) is 19.9. The molecule has 0 radical (unpaired) electrons. The molecule has 24 heavy (non-hydrogen) atoms. The van der Waals surface area contributed by atoms with Gasteiger partial charge >= 0.3 is 5.97 Å². The molecule has 1 aromatic rings. The monoisotopic (exact) mass is 353 g/mol. The Balaban J connectivity index is 2.01. The summed E-state index contributed by atoms with van der Waals surface area (Å²) in [6.07, 6.45) is 4.76. The first-order chi connectivity index (χ1) is 11.4. The minimum Gasteiger partial charge on any atom is -0.478 e. The number of carboxylic acid groups (broad SMARTS) is 1. The molecule has 7 heteroatoms. The van der Waals surface area contributed by atoms with Crippen LogP contribution in [0.4, 0.5) is 0 Å². The first kappa shape index (κ1) is 17.4. The Morgan fingerprint density at radius 1 is 1.21 bits per heavy atom. The number of rotatable bonds is 4. The average molecular weight is 353 g/mol.